The van der Waals surface area contributed by atoms with Crippen LogP contribution in [0.1, 0.15) is 122 Å². The van der Waals surface area contributed by atoms with Crippen LogP contribution in [0.3, 0.4) is 0 Å². The lowest BCUT2D eigenvalue weighted by Gasteiger charge is -2.23. The highest BCUT2D eigenvalue weighted by atomic mass is 32.1. The number of hydrogen-bond acceptors (Lipinski definition) is 5. The summed E-state index contributed by atoms with van der Waals surface area (Å²) in [6.07, 6.45) is 20.6. The molecule has 0 bridgehead atoms. The number of rotatable bonds is 18. The first-order valence-corrected chi connectivity index (χ1v) is 17.6. The van der Waals surface area contributed by atoms with Gasteiger partial charge in [0.2, 0.25) is 0 Å². The van der Waals surface area contributed by atoms with Gasteiger partial charge in [0.05, 0.1) is 17.7 Å². The van der Waals surface area contributed by atoms with Crippen LogP contribution in [0.5, 0.6) is 5.75 Å². The molecule has 4 rings (SSSR count). The van der Waals surface area contributed by atoms with E-state index >= 15 is 0 Å². The molecule has 4 aromatic rings. The summed E-state index contributed by atoms with van der Waals surface area (Å²) in [6.45, 7) is 13.7. The Bertz CT molecular complexity index is 1430. The SMILES string of the molecule is CCCCCCCCN(CCCCCCCC)c1ccc(/C=c2/c(C(C)(C)C)cn3c(-c4ccccc4OC)nnc23)s1. The number of fused-ring (bicyclic) bond motifs is 1. The van der Waals surface area contributed by atoms with Crippen molar-refractivity contribution in [3.05, 3.63) is 58.3 Å². The van der Waals surface area contributed by atoms with Crippen LogP contribution in [0.2, 0.25) is 0 Å². The number of aromatic nitrogens is 3. The largest absolute Gasteiger partial charge is 0.496 e. The average Bonchev–Trinajstić information content (AvgIpc) is 3.72. The van der Waals surface area contributed by atoms with Gasteiger partial charge in [-0.1, -0.05) is 111 Å². The Morgan fingerprint density at radius 3 is 2.07 bits per heavy atom. The van der Waals surface area contributed by atoms with E-state index in [1.54, 1.807) is 7.11 Å². The summed E-state index contributed by atoms with van der Waals surface area (Å²) in [7, 11) is 1.71. The fraction of sp³-hybridized carbons (Fsp3) is 0.568. The topological polar surface area (TPSA) is 42.7 Å². The quantitative estimate of drug-likeness (QED) is 0.106. The van der Waals surface area contributed by atoms with E-state index in [-0.39, 0.29) is 5.41 Å². The van der Waals surface area contributed by atoms with Gasteiger partial charge in [0.25, 0.3) is 0 Å². The van der Waals surface area contributed by atoms with E-state index in [0.29, 0.717) is 0 Å². The van der Waals surface area contributed by atoms with Crippen LogP contribution in [-0.2, 0) is 5.41 Å². The Morgan fingerprint density at radius 1 is 0.814 bits per heavy atom. The van der Waals surface area contributed by atoms with Crippen LogP contribution < -0.4 is 14.9 Å². The zero-order valence-electron chi connectivity index (χ0n) is 27.6. The van der Waals surface area contributed by atoms with Crippen LogP contribution >= 0.6 is 11.3 Å². The number of methoxy groups -OCH3 is 1. The van der Waals surface area contributed by atoms with Gasteiger partial charge in [0.1, 0.15) is 5.75 Å². The standard InChI is InChI=1S/C37H54N4OS/c1-7-9-11-13-15-19-25-40(26-20-16-14-12-10-8-2)34-24-23-29(43-34)27-31-32(37(3,4)5)28-41-35(38-39-36(31)41)30-21-17-18-22-33(30)42-6/h17-18,21-24,27-28H,7-16,19-20,25-26H2,1-6H3/b31-27-. The first-order valence-electron chi connectivity index (χ1n) is 16.7. The molecule has 0 N–H and O–H groups in total. The van der Waals surface area contributed by atoms with Crippen LogP contribution in [0, 0.1) is 0 Å². The third kappa shape index (κ3) is 8.84. The first-order chi connectivity index (χ1) is 20.9. The van der Waals surface area contributed by atoms with E-state index < -0.39 is 0 Å². The number of anilines is 1. The third-order valence-electron chi connectivity index (χ3n) is 8.42. The second-order valence-corrected chi connectivity index (χ2v) is 14.1. The Hall–Kier alpha value is -2.86. The smallest absolute Gasteiger partial charge is 0.172 e. The van der Waals surface area contributed by atoms with E-state index in [1.165, 1.54) is 92.5 Å². The van der Waals surface area contributed by atoms with Crippen molar-refractivity contribution in [2.75, 3.05) is 25.1 Å². The second kappa shape index (κ2) is 16.3. The molecule has 6 heteroatoms. The third-order valence-corrected chi connectivity index (χ3v) is 9.51. The minimum Gasteiger partial charge on any atom is -0.496 e. The van der Waals surface area contributed by atoms with Crippen molar-refractivity contribution in [1.29, 1.82) is 0 Å². The Balaban J connectivity index is 1.60. The average molecular weight is 603 g/mol. The van der Waals surface area contributed by atoms with Gasteiger partial charge < -0.3 is 9.64 Å². The van der Waals surface area contributed by atoms with Crippen LogP contribution in [0.15, 0.2) is 42.6 Å². The van der Waals surface area contributed by atoms with Crippen molar-refractivity contribution in [2.45, 2.75) is 117 Å². The predicted molar refractivity (Wildman–Crippen MR) is 186 cm³/mol. The number of unbranched alkanes of at least 4 members (excludes halogenated alkanes) is 10. The van der Waals surface area contributed by atoms with Crippen molar-refractivity contribution in [3.8, 4) is 17.1 Å². The zero-order valence-corrected chi connectivity index (χ0v) is 28.4. The summed E-state index contributed by atoms with van der Waals surface area (Å²) in [5.41, 5.74) is 3.09. The molecule has 0 saturated carbocycles. The molecule has 0 unspecified atom stereocenters. The molecule has 234 valence electrons. The van der Waals surface area contributed by atoms with E-state index in [4.69, 9.17) is 9.84 Å². The highest BCUT2D eigenvalue weighted by Crippen LogP contribution is 2.31. The maximum absolute atomic E-state index is 5.66. The fourth-order valence-electron chi connectivity index (χ4n) is 5.90. The molecule has 3 aromatic heterocycles. The number of thiophene rings is 1. The van der Waals surface area contributed by atoms with Gasteiger partial charge in [0.15, 0.2) is 11.5 Å². The zero-order chi connectivity index (χ0) is 30.7. The molecule has 5 nitrogen and oxygen atoms in total. The Labute approximate surface area is 264 Å². The summed E-state index contributed by atoms with van der Waals surface area (Å²) < 4.78 is 7.80. The van der Waals surface area contributed by atoms with Gasteiger partial charge in [-0.3, -0.25) is 4.40 Å². The normalized spacial score (nSPS) is 12.5. The summed E-state index contributed by atoms with van der Waals surface area (Å²) in [6, 6.07) is 12.7. The van der Waals surface area contributed by atoms with Gasteiger partial charge in [-0.25, -0.2) is 0 Å². The molecular formula is C37H54N4OS. The van der Waals surface area contributed by atoms with E-state index in [9.17, 15) is 0 Å². The summed E-state index contributed by atoms with van der Waals surface area (Å²) in [5.74, 6) is 1.62. The summed E-state index contributed by atoms with van der Waals surface area (Å²) >= 11 is 1.91. The van der Waals surface area contributed by atoms with Gasteiger partial charge >= 0.3 is 0 Å². The Morgan fingerprint density at radius 2 is 1.44 bits per heavy atom. The van der Waals surface area contributed by atoms with Gasteiger partial charge in [-0.2, -0.15) is 0 Å². The molecule has 0 amide bonds. The lowest BCUT2D eigenvalue weighted by Crippen LogP contribution is -2.24. The molecule has 0 aliphatic rings. The van der Waals surface area contributed by atoms with Crippen molar-refractivity contribution in [3.63, 3.8) is 0 Å². The van der Waals surface area contributed by atoms with E-state index in [0.717, 1.165) is 41.1 Å². The molecule has 43 heavy (non-hydrogen) atoms. The first kappa shape index (κ1) is 33.0. The molecular weight excluding hydrogens is 549 g/mol. The van der Waals surface area contributed by atoms with Crippen molar-refractivity contribution < 1.29 is 4.74 Å². The number of benzene rings is 1. The Kier molecular flexibility index (Phi) is 12.5. The predicted octanol–water partition coefficient (Wildman–Crippen LogP) is 9.84. The van der Waals surface area contributed by atoms with Crippen molar-refractivity contribution in [2.24, 2.45) is 0 Å². The molecule has 0 radical (unpaired) electrons. The molecule has 0 saturated heterocycles. The van der Waals surface area contributed by atoms with Gasteiger partial charge in [-0.15, -0.1) is 21.5 Å². The molecule has 3 heterocycles. The van der Waals surface area contributed by atoms with Crippen LogP contribution in [0.4, 0.5) is 5.00 Å². The summed E-state index contributed by atoms with van der Waals surface area (Å²) in [5, 5.41) is 11.9. The van der Waals surface area contributed by atoms with Crippen molar-refractivity contribution in [1.82, 2.24) is 14.6 Å². The molecule has 0 fully saturated rings. The number of ether oxygens (including phenoxy) is 1. The lowest BCUT2D eigenvalue weighted by atomic mass is 9.88. The van der Waals surface area contributed by atoms with Crippen LogP contribution in [0.25, 0.3) is 23.1 Å². The number of nitrogens with zero attached hydrogens (tertiary/aromatic N) is 4. The molecule has 0 spiro atoms. The fourth-order valence-corrected chi connectivity index (χ4v) is 6.90. The summed E-state index contributed by atoms with van der Waals surface area (Å²) in [4.78, 5) is 3.93. The maximum atomic E-state index is 5.66. The van der Waals surface area contributed by atoms with Crippen LogP contribution in [-0.4, -0.2) is 34.8 Å². The molecule has 0 aliphatic carbocycles. The minimum atomic E-state index is -0.0355. The molecule has 0 atom stereocenters. The monoisotopic (exact) mass is 602 g/mol. The van der Waals surface area contributed by atoms with Gasteiger partial charge in [0, 0.05) is 29.4 Å². The number of hydrogen-bond donors (Lipinski definition) is 0. The molecule has 1 aromatic carbocycles. The minimum absolute atomic E-state index is 0.0355. The number of para-hydroxylation sites is 1. The van der Waals surface area contributed by atoms with Gasteiger partial charge in [-0.05, 0) is 54.2 Å². The second-order valence-electron chi connectivity index (χ2n) is 13.0. The lowest BCUT2D eigenvalue weighted by molar-refractivity contribution is 0.416. The highest BCUT2D eigenvalue weighted by Gasteiger charge is 2.23. The van der Waals surface area contributed by atoms with Crippen molar-refractivity contribution >= 4 is 28.1 Å². The van der Waals surface area contributed by atoms with E-state index in [1.807, 2.05) is 29.5 Å². The van der Waals surface area contributed by atoms with E-state index in [2.05, 4.69) is 79.5 Å². The highest BCUT2D eigenvalue weighted by molar-refractivity contribution is 7.16. The molecule has 0 aliphatic heterocycles. The maximum Gasteiger partial charge on any atom is 0.172 e.